The predicted molar refractivity (Wildman–Crippen MR) is 71.4 cm³/mol. The van der Waals surface area contributed by atoms with Crippen molar-refractivity contribution in [1.82, 2.24) is 0 Å². The molecule has 0 aromatic heterocycles. The van der Waals surface area contributed by atoms with Gasteiger partial charge in [0.1, 0.15) is 5.60 Å². The average molecular weight is 232 g/mol. The highest BCUT2D eigenvalue weighted by Gasteiger charge is 2.37. The highest BCUT2D eigenvalue weighted by Crippen LogP contribution is 2.32. The molecule has 0 fully saturated rings. The minimum atomic E-state index is -1.60. The first kappa shape index (κ1) is 11.5. The van der Waals surface area contributed by atoms with E-state index in [9.17, 15) is 0 Å². The third-order valence-corrected chi connectivity index (χ3v) is 6.59. The first-order chi connectivity index (χ1) is 7.42. The summed E-state index contributed by atoms with van der Waals surface area (Å²) in [5.74, 6) is 0. The molecule has 0 saturated carbocycles. The maximum Gasteiger partial charge on any atom is 0.155 e. The summed E-state index contributed by atoms with van der Waals surface area (Å²) in [6.45, 7) is 9.03. The van der Waals surface area contributed by atoms with Gasteiger partial charge in [0.25, 0.3) is 0 Å². The molecular weight excluding hydrogens is 212 g/mol. The van der Waals surface area contributed by atoms with E-state index >= 15 is 0 Å². The van der Waals surface area contributed by atoms with Crippen molar-refractivity contribution in [3.63, 3.8) is 0 Å². The highest BCUT2D eigenvalue weighted by molar-refractivity contribution is 6.95. The Morgan fingerprint density at radius 1 is 1.12 bits per heavy atom. The van der Waals surface area contributed by atoms with Crippen LogP contribution in [-0.2, 0) is 4.74 Å². The number of benzene rings is 1. The van der Waals surface area contributed by atoms with E-state index in [1.54, 1.807) is 0 Å². The lowest BCUT2D eigenvalue weighted by atomic mass is 10.1. The van der Waals surface area contributed by atoms with Gasteiger partial charge in [-0.2, -0.15) is 0 Å². The molecule has 1 aromatic carbocycles. The minimum absolute atomic E-state index is 0.00557. The molecule has 2 heteroatoms. The summed E-state index contributed by atoms with van der Waals surface area (Å²) in [6.07, 6.45) is 3.32. The van der Waals surface area contributed by atoms with Crippen molar-refractivity contribution in [2.45, 2.75) is 39.0 Å². The summed E-state index contributed by atoms with van der Waals surface area (Å²) >= 11 is 0. The van der Waals surface area contributed by atoms with Crippen molar-refractivity contribution in [1.29, 1.82) is 0 Å². The Morgan fingerprint density at radius 3 is 2.25 bits per heavy atom. The van der Waals surface area contributed by atoms with E-state index in [2.05, 4.69) is 63.3 Å². The number of hydrogen-bond donors (Lipinski definition) is 0. The van der Waals surface area contributed by atoms with Crippen molar-refractivity contribution in [3.05, 3.63) is 41.8 Å². The Labute approximate surface area is 99.2 Å². The molecule has 1 aromatic rings. The fraction of sp³-hybridized carbons (Fsp3) is 0.429. The second-order valence-corrected chi connectivity index (χ2v) is 9.95. The van der Waals surface area contributed by atoms with Crippen LogP contribution in [0.1, 0.15) is 20.3 Å². The van der Waals surface area contributed by atoms with Crippen LogP contribution in [-0.4, -0.2) is 13.7 Å². The summed E-state index contributed by atoms with van der Waals surface area (Å²) in [5, 5.41) is 2.68. The van der Waals surface area contributed by atoms with Crippen molar-refractivity contribution in [2.75, 3.05) is 0 Å². The summed E-state index contributed by atoms with van der Waals surface area (Å²) in [6, 6.07) is 10.8. The van der Waals surface area contributed by atoms with Crippen molar-refractivity contribution in [2.24, 2.45) is 0 Å². The molecule has 16 heavy (non-hydrogen) atoms. The molecule has 0 amide bonds. The van der Waals surface area contributed by atoms with Crippen LogP contribution in [0.5, 0.6) is 0 Å². The monoisotopic (exact) mass is 232 g/mol. The number of ether oxygens (including phenoxy) is 1. The van der Waals surface area contributed by atoms with E-state index in [1.807, 2.05) is 0 Å². The van der Waals surface area contributed by atoms with Gasteiger partial charge in [-0.15, -0.1) is 0 Å². The van der Waals surface area contributed by atoms with Gasteiger partial charge in [-0.05, 0) is 19.9 Å². The van der Waals surface area contributed by atoms with Crippen molar-refractivity contribution < 1.29 is 4.74 Å². The Kier molecular flexibility index (Phi) is 2.70. The van der Waals surface area contributed by atoms with E-state index in [0.717, 1.165) is 6.42 Å². The minimum Gasteiger partial charge on any atom is -0.497 e. The maximum absolute atomic E-state index is 6.09. The molecule has 0 unspecified atom stereocenters. The van der Waals surface area contributed by atoms with Crippen LogP contribution >= 0.6 is 0 Å². The number of rotatable bonds is 2. The van der Waals surface area contributed by atoms with Crippen molar-refractivity contribution in [3.8, 4) is 0 Å². The van der Waals surface area contributed by atoms with Crippen LogP contribution in [0, 0.1) is 0 Å². The lowest BCUT2D eigenvalue weighted by molar-refractivity contribution is 0.0729. The molecule has 0 bridgehead atoms. The van der Waals surface area contributed by atoms with Gasteiger partial charge in [0, 0.05) is 6.42 Å². The second-order valence-electron chi connectivity index (χ2n) is 5.63. The van der Waals surface area contributed by atoms with Crippen LogP contribution < -0.4 is 5.19 Å². The van der Waals surface area contributed by atoms with Gasteiger partial charge in [0.05, 0.1) is 5.38 Å². The molecular formula is C14H20OSi. The third kappa shape index (κ3) is 2.07. The lowest BCUT2D eigenvalue weighted by Crippen LogP contribution is -2.44. The molecule has 1 aliphatic heterocycles. The zero-order chi connectivity index (χ0) is 11.8. The zero-order valence-corrected chi connectivity index (χ0v) is 11.6. The first-order valence-corrected chi connectivity index (χ1v) is 8.87. The van der Waals surface area contributed by atoms with Gasteiger partial charge in [-0.1, -0.05) is 48.6 Å². The molecule has 86 valence electrons. The summed E-state index contributed by atoms with van der Waals surface area (Å²) in [5.41, 5.74) is -0.00557. The zero-order valence-electron chi connectivity index (χ0n) is 10.6. The Balaban J connectivity index is 2.28. The SMILES string of the molecule is CC1(C)CC=C([Si](C)(C)c2ccccc2)O1. The molecule has 1 heterocycles. The van der Waals surface area contributed by atoms with E-state index in [4.69, 9.17) is 4.74 Å². The molecule has 0 aliphatic carbocycles. The van der Waals surface area contributed by atoms with E-state index < -0.39 is 8.07 Å². The fourth-order valence-electron chi connectivity index (χ4n) is 2.10. The molecule has 1 nitrogen and oxygen atoms in total. The molecule has 1 aliphatic rings. The average Bonchev–Trinajstić information content (AvgIpc) is 2.61. The van der Waals surface area contributed by atoms with E-state index in [0.29, 0.717) is 0 Å². The topological polar surface area (TPSA) is 9.23 Å². The van der Waals surface area contributed by atoms with Crippen LogP contribution in [0.3, 0.4) is 0 Å². The molecule has 0 saturated heterocycles. The van der Waals surface area contributed by atoms with Gasteiger partial charge in [0.15, 0.2) is 8.07 Å². The Bertz CT molecular complexity index is 404. The van der Waals surface area contributed by atoms with Crippen LogP contribution in [0.2, 0.25) is 13.1 Å². The van der Waals surface area contributed by atoms with Crippen LogP contribution in [0.15, 0.2) is 41.8 Å². The van der Waals surface area contributed by atoms with Crippen LogP contribution in [0.4, 0.5) is 0 Å². The van der Waals surface area contributed by atoms with Gasteiger partial charge in [0.2, 0.25) is 0 Å². The Morgan fingerprint density at radius 2 is 1.75 bits per heavy atom. The molecule has 0 radical (unpaired) electrons. The van der Waals surface area contributed by atoms with Gasteiger partial charge >= 0.3 is 0 Å². The molecule has 2 rings (SSSR count). The standard InChI is InChI=1S/C14H20OSi/c1-14(2)11-10-13(15-14)16(3,4)12-8-6-5-7-9-12/h5-10H,11H2,1-4H3. The van der Waals surface area contributed by atoms with E-state index in [-0.39, 0.29) is 5.60 Å². The molecule has 0 spiro atoms. The highest BCUT2D eigenvalue weighted by atomic mass is 28.3. The lowest BCUT2D eigenvalue weighted by Gasteiger charge is -2.28. The predicted octanol–water partition coefficient (Wildman–Crippen LogP) is 3.22. The largest absolute Gasteiger partial charge is 0.497 e. The van der Waals surface area contributed by atoms with Gasteiger partial charge < -0.3 is 4.74 Å². The summed E-state index contributed by atoms with van der Waals surface area (Å²) < 4.78 is 6.09. The molecule has 0 N–H and O–H groups in total. The van der Waals surface area contributed by atoms with Gasteiger partial charge in [-0.3, -0.25) is 0 Å². The maximum atomic E-state index is 6.09. The second kappa shape index (κ2) is 3.77. The first-order valence-electron chi connectivity index (χ1n) is 5.87. The van der Waals surface area contributed by atoms with Crippen LogP contribution in [0.25, 0.3) is 0 Å². The normalized spacial score (nSPS) is 19.1. The third-order valence-electron chi connectivity index (χ3n) is 3.28. The van der Waals surface area contributed by atoms with E-state index in [1.165, 1.54) is 10.6 Å². The smallest absolute Gasteiger partial charge is 0.155 e. The Hall–Kier alpha value is -1.02. The number of hydrogen-bond acceptors (Lipinski definition) is 1. The summed E-state index contributed by atoms with van der Waals surface area (Å²) in [7, 11) is -1.60. The van der Waals surface area contributed by atoms with Crippen molar-refractivity contribution >= 4 is 13.3 Å². The molecule has 0 atom stereocenters. The fourth-order valence-corrected chi connectivity index (χ4v) is 4.55. The van der Waals surface area contributed by atoms with Gasteiger partial charge in [-0.25, -0.2) is 0 Å². The quantitative estimate of drug-likeness (QED) is 0.711. The summed E-state index contributed by atoms with van der Waals surface area (Å²) in [4.78, 5) is 0.